The number of H-pyrrole nitrogens is 1. The van der Waals surface area contributed by atoms with Gasteiger partial charge in [0.15, 0.2) is 0 Å². The molecule has 2 N–H and O–H groups in total. The molecule has 1 atom stereocenters. The van der Waals surface area contributed by atoms with Crippen molar-refractivity contribution >= 4 is 26.9 Å². The average molecular weight is 450 g/mol. The van der Waals surface area contributed by atoms with Gasteiger partial charge in [0.2, 0.25) is 10.0 Å². The largest absolute Gasteiger partial charge is 0.393 e. The van der Waals surface area contributed by atoms with E-state index in [9.17, 15) is 13.5 Å². The van der Waals surface area contributed by atoms with Crippen molar-refractivity contribution < 1.29 is 13.5 Å². The number of fused-ring (bicyclic) bond motifs is 1. The van der Waals surface area contributed by atoms with Crippen molar-refractivity contribution in [2.45, 2.75) is 64.0 Å². The standard InChI is InChI=1S/C22H35N5O3S/c1-3-20(28)17-9-12-27(13-10-17)31(29,30)14-16-4-6-18(7-5-16)26(2)22-19-8-11-23-21(19)24-15-25-22/h8,11,15-18,20,28H,3-7,9-10,12-14H2,1-2H3,(H,23,24,25). The molecular weight excluding hydrogens is 414 g/mol. The van der Waals surface area contributed by atoms with Crippen LogP contribution in [0.4, 0.5) is 5.82 Å². The topological polar surface area (TPSA) is 102 Å². The second-order valence-electron chi connectivity index (χ2n) is 9.21. The average Bonchev–Trinajstić information content (AvgIpc) is 3.27. The zero-order valence-electron chi connectivity index (χ0n) is 18.6. The van der Waals surface area contributed by atoms with Gasteiger partial charge in [0, 0.05) is 32.4 Å². The Morgan fingerprint density at radius 1 is 1.19 bits per heavy atom. The number of nitrogens with zero attached hydrogens (tertiary/aromatic N) is 4. The Hall–Kier alpha value is -1.71. The number of aliphatic hydroxyl groups excluding tert-OH is 1. The highest BCUT2D eigenvalue weighted by molar-refractivity contribution is 7.89. The summed E-state index contributed by atoms with van der Waals surface area (Å²) in [5, 5.41) is 11.1. The number of rotatable bonds is 7. The summed E-state index contributed by atoms with van der Waals surface area (Å²) in [5.41, 5.74) is 0.840. The van der Waals surface area contributed by atoms with Crippen LogP contribution in [0.1, 0.15) is 51.9 Å². The van der Waals surface area contributed by atoms with Gasteiger partial charge in [-0.25, -0.2) is 22.7 Å². The van der Waals surface area contributed by atoms with E-state index in [1.165, 1.54) is 0 Å². The van der Waals surface area contributed by atoms with Crippen LogP contribution >= 0.6 is 0 Å². The number of sulfonamides is 1. The van der Waals surface area contributed by atoms with Crippen LogP contribution in [0.5, 0.6) is 0 Å². The molecule has 2 aromatic rings. The first-order valence-corrected chi connectivity index (χ1v) is 13.2. The van der Waals surface area contributed by atoms with E-state index in [1.807, 2.05) is 19.2 Å². The molecule has 172 valence electrons. The van der Waals surface area contributed by atoms with Crippen molar-refractivity contribution in [3.8, 4) is 0 Å². The summed E-state index contributed by atoms with van der Waals surface area (Å²) < 4.78 is 27.6. The molecule has 0 spiro atoms. The van der Waals surface area contributed by atoms with E-state index in [1.54, 1.807) is 10.6 Å². The maximum absolute atomic E-state index is 13.0. The van der Waals surface area contributed by atoms with Crippen molar-refractivity contribution in [1.29, 1.82) is 0 Å². The Morgan fingerprint density at radius 2 is 1.90 bits per heavy atom. The van der Waals surface area contributed by atoms with Crippen molar-refractivity contribution in [1.82, 2.24) is 19.3 Å². The number of aromatic nitrogens is 3. The minimum absolute atomic E-state index is 0.214. The Morgan fingerprint density at radius 3 is 2.58 bits per heavy atom. The van der Waals surface area contributed by atoms with Crippen LogP contribution in [0, 0.1) is 11.8 Å². The normalized spacial score (nSPS) is 25.0. The number of anilines is 1. The number of aromatic amines is 1. The third-order valence-electron chi connectivity index (χ3n) is 7.33. The van der Waals surface area contributed by atoms with Crippen LogP contribution in [0.3, 0.4) is 0 Å². The van der Waals surface area contributed by atoms with Gasteiger partial charge in [0.25, 0.3) is 0 Å². The molecule has 1 unspecified atom stereocenters. The van der Waals surface area contributed by atoms with E-state index in [-0.39, 0.29) is 23.7 Å². The summed E-state index contributed by atoms with van der Waals surface area (Å²) in [6.07, 6.45) is 9.20. The lowest BCUT2D eigenvalue weighted by atomic mass is 9.86. The van der Waals surface area contributed by atoms with Crippen molar-refractivity contribution in [2.75, 3.05) is 30.8 Å². The smallest absolute Gasteiger partial charge is 0.214 e. The lowest BCUT2D eigenvalue weighted by Crippen LogP contribution is -2.44. The first-order valence-electron chi connectivity index (χ1n) is 11.6. The molecule has 0 bridgehead atoms. The molecular formula is C22H35N5O3S. The molecule has 1 aliphatic carbocycles. The van der Waals surface area contributed by atoms with Crippen LogP contribution in [0.15, 0.2) is 18.6 Å². The van der Waals surface area contributed by atoms with Gasteiger partial charge in [0.1, 0.15) is 17.8 Å². The predicted octanol–water partition coefficient (Wildman–Crippen LogP) is 2.77. The maximum Gasteiger partial charge on any atom is 0.214 e. The van der Waals surface area contributed by atoms with E-state index < -0.39 is 10.0 Å². The summed E-state index contributed by atoms with van der Waals surface area (Å²) in [6.45, 7) is 3.07. The van der Waals surface area contributed by atoms with E-state index in [0.717, 1.165) is 61.8 Å². The molecule has 2 aliphatic rings. The van der Waals surface area contributed by atoms with Gasteiger partial charge in [-0.15, -0.1) is 0 Å². The number of nitrogens with one attached hydrogen (secondary N) is 1. The molecule has 1 saturated heterocycles. The summed E-state index contributed by atoms with van der Waals surface area (Å²) in [7, 11) is -1.16. The highest BCUT2D eigenvalue weighted by Crippen LogP contribution is 2.33. The van der Waals surface area contributed by atoms with Crippen molar-refractivity contribution in [3.63, 3.8) is 0 Å². The molecule has 8 nitrogen and oxygen atoms in total. The fraction of sp³-hybridized carbons (Fsp3) is 0.727. The van der Waals surface area contributed by atoms with Gasteiger partial charge >= 0.3 is 0 Å². The Balaban J connectivity index is 1.30. The van der Waals surface area contributed by atoms with Gasteiger partial charge in [0.05, 0.1) is 17.2 Å². The summed E-state index contributed by atoms with van der Waals surface area (Å²) in [6, 6.07) is 2.36. The molecule has 31 heavy (non-hydrogen) atoms. The molecule has 4 rings (SSSR count). The third kappa shape index (κ3) is 4.88. The molecule has 2 fully saturated rings. The Labute approximate surface area is 185 Å². The minimum atomic E-state index is -3.24. The number of piperidine rings is 1. The highest BCUT2D eigenvalue weighted by Gasteiger charge is 2.34. The second kappa shape index (κ2) is 9.42. The first kappa shape index (κ1) is 22.5. The lowest BCUT2D eigenvalue weighted by molar-refractivity contribution is 0.0732. The van der Waals surface area contributed by atoms with E-state index >= 15 is 0 Å². The van der Waals surface area contributed by atoms with E-state index in [4.69, 9.17) is 0 Å². The second-order valence-corrected chi connectivity index (χ2v) is 11.2. The van der Waals surface area contributed by atoms with Crippen LogP contribution in [-0.4, -0.2) is 70.8 Å². The van der Waals surface area contributed by atoms with Gasteiger partial charge < -0.3 is 15.0 Å². The molecule has 3 heterocycles. The van der Waals surface area contributed by atoms with Crippen molar-refractivity contribution in [3.05, 3.63) is 18.6 Å². The minimum Gasteiger partial charge on any atom is -0.393 e. The quantitative estimate of drug-likeness (QED) is 0.674. The molecule has 0 amide bonds. The molecule has 9 heteroatoms. The first-order chi connectivity index (χ1) is 14.9. The highest BCUT2D eigenvalue weighted by atomic mass is 32.2. The number of hydrogen-bond donors (Lipinski definition) is 2. The summed E-state index contributed by atoms with van der Waals surface area (Å²) in [5.74, 6) is 1.63. The summed E-state index contributed by atoms with van der Waals surface area (Å²) in [4.78, 5) is 14.1. The molecule has 1 saturated carbocycles. The zero-order valence-corrected chi connectivity index (χ0v) is 19.4. The Kier molecular flexibility index (Phi) is 6.83. The van der Waals surface area contributed by atoms with E-state index in [0.29, 0.717) is 19.1 Å². The van der Waals surface area contributed by atoms with Gasteiger partial charge in [-0.05, 0) is 62.8 Å². The molecule has 1 aliphatic heterocycles. The fourth-order valence-electron chi connectivity index (χ4n) is 5.29. The van der Waals surface area contributed by atoms with Crippen LogP contribution in [0.2, 0.25) is 0 Å². The fourth-order valence-corrected chi connectivity index (χ4v) is 7.19. The van der Waals surface area contributed by atoms with E-state index in [2.05, 4.69) is 26.9 Å². The molecule has 0 aromatic carbocycles. The molecule has 0 radical (unpaired) electrons. The lowest BCUT2D eigenvalue weighted by Gasteiger charge is -2.37. The van der Waals surface area contributed by atoms with Gasteiger partial charge in [-0.1, -0.05) is 6.92 Å². The third-order valence-corrected chi connectivity index (χ3v) is 9.38. The summed E-state index contributed by atoms with van der Waals surface area (Å²) >= 11 is 0. The van der Waals surface area contributed by atoms with Crippen LogP contribution < -0.4 is 4.90 Å². The van der Waals surface area contributed by atoms with Crippen LogP contribution in [-0.2, 0) is 10.0 Å². The number of aliphatic hydroxyl groups is 1. The monoisotopic (exact) mass is 449 g/mol. The van der Waals surface area contributed by atoms with Crippen molar-refractivity contribution in [2.24, 2.45) is 11.8 Å². The predicted molar refractivity (Wildman–Crippen MR) is 122 cm³/mol. The number of hydrogen-bond acceptors (Lipinski definition) is 6. The maximum atomic E-state index is 13.0. The SMILES string of the molecule is CCC(O)C1CCN(S(=O)(=O)CC2CCC(N(C)c3ncnc4[nH]ccc34)CC2)CC1. The zero-order chi connectivity index (χ0) is 22.0. The van der Waals surface area contributed by atoms with Gasteiger partial charge in [-0.2, -0.15) is 0 Å². The molecule has 2 aromatic heterocycles. The Bertz CT molecular complexity index is 962. The van der Waals surface area contributed by atoms with Gasteiger partial charge in [-0.3, -0.25) is 0 Å². The van der Waals surface area contributed by atoms with Crippen LogP contribution in [0.25, 0.3) is 11.0 Å².